The number of amides is 1. The number of aliphatic hydroxyl groups is 1. The molecule has 0 aliphatic carbocycles. The molecule has 15 heavy (non-hydrogen) atoms. The number of aromatic nitrogens is 1. The molecule has 0 spiro atoms. The molecule has 1 aromatic rings. The molecule has 0 aromatic carbocycles. The van der Waals surface area contributed by atoms with Crippen LogP contribution in [0.2, 0.25) is 0 Å². The molecule has 1 aromatic heterocycles. The van der Waals surface area contributed by atoms with Gasteiger partial charge in [-0.3, -0.25) is 4.79 Å². The highest BCUT2D eigenvalue weighted by molar-refractivity contribution is 5.77. The van der Waals surface area contributed by atoms with Crippen molar-refractivity contribution in [1.82, 2.24) is 9.88 Å². The average molecular weight is 210 g/mol. The Balaban J connectivity index is 2.31. The Morgan fingerprint density at radius 2 is 2.40 bits per heavy atom. The van der Waals surface area contributed by atoms with E-state index in [1.807, 2.05) is 26.2 Å². The van der Waals surface area contributed by atoms with Gasteiger partial charge in [0.15, 0.2) is 0 Å². The highest BCUT2D eigenvalue weighted by Crippen LogP contribution is 2.05. The van der Waals surface area contributed by atoms with Gasteiger partial charge in [-0.05, 0) is 31.9 Å². The van der Waals surface area contributed by atoms with Gasteiger partial charge in [0, 0.05) is 25.0 Å². The van der Waals surface area contributed by atoms with Crippen molar-refractivity contribution in [3.63, 3.8) is 0 Å². The Morgan fingerprint density at radius 1 is 1.67 bits per heavy atom. The summed E-state index contributed by atoms with van der Waals surface area (Å²) in [6.07, 6.45) is 3.81. The molecule has 0 bridgehead atoms. The highest BCUT2D eigenvalue weighted by atomic mass is 16.3. The summed E-state index contributed by atoms with van der Waals surface area (Å²) in [6, 6.07) is 4.17. The van der Waals surface area contributed by atoms with Crippen LogP contribution in [0, 0.1) is 0 Å². The SMILES string of the molecule is CC(CCc1cccn1C)NC(=O)CO. The zero-order valence-corrected chi connectivity index (χ0v) is 9.23. The quantitative estimate of drug-likeness (QED) is 0.741. The van der Waals surface area contributed by atoms with Crippen molar-refractivity contribution < 1.29 is 9.90 Å². The minimum atomic E-state index is -0.436. The molecule has 0 aliphatic heterocycles. The third-order valence-corrected chi connectivity index (χ3v) is 2.44. The van der Waals surface area contributed by atoms with Crippen molar-refractivity contribution in [2.75, 3.05) is 6.61 Å². The molecule has 2 N–H and O–H groups in total. The van der Waals surface area contributed by atoms with E-state index >= 15 is 0 Å². The maximum atomic E-state index is 10.9. The van der Waals surface area contributed by atoms with E-state index in [1.165, 1.54) is 5.69 Å². The van der Waals surface area contributed by atoms with Crippen LogP contribution >= 0.6 is 0 Å². The van der Waals surface area contributed by atoms with Crippen LogP contribution in [0.3, 0.4) is 0 Å². The molecule has 0 aliphatic rings. The Morgan fingerprint density at radius 3 is 2.93 bits per heavy atom. The second kappa shape index (κ2) is 5.56. The van der Waals surface area contributed by atoms with Gasteiger partial charge >= 0.3 is 0 Å². The number of nitrogens with one attached hydrogen (secondary N) is 1. The Labute approximate surface area is 89.9 Å². The lowest BCUT2D eigenvalue weighted by atomic mass is 10.1. The summed E-state index contributed by atoms with van der Waals surface area (Å²) in [4.78, 5) is 10.9. The molecule has 84 valence electrons. The third-order valence-electron chi connectivity index (χ3n) is 2.44. The molecule has 1 rings (SSSR count). The van der Waals surface area contributed by atoms with Crippen molar-refractivity contribution in [3.8, 4) is 0 Å². The molecular formula is C11H18N2O2. The Kier molecular flexibility index (Phi) is 4.37. The van der Waals surface area contributed by atoms with Crippen LogP contribution in [-0.2, 0) is 18.3 Å². The van der Waals surface area contributed by atoms with Crippen molar-refractivity contribution in [2.24, 2.45) is 7.05 Å². The van der Waals surface area contributed by atoms with E-state index in [0.717, 1.165) is 12.8 Å². The number of nitrogens with zero attached hydrogens (tertiary/aromatic N) is 1. The molecule has 1 unspecified atom stereocenters. The van der Waals surface area contributed by atoms with Crippen LogP contribution < -0.4 is 5.32 Å². The van der Waals surface area contributed by atoms with Crippen LogP contribution in [0.15, 0.2) is 18.3 Å². The lowest BCUT2D eigenvalue weighted by molar-refractivity contribution is -0.124. The van der Waals surface area contributed by atoms with Crippen LogP contribution in [0.1, 0.15) is 19.0 Å². The molecule has 1 heterocycles. The number of aryl methyl sites for hydroxylation is 2. The summed E-state index contributed by atoms with van der Waals surface area (Å²) in [6.45, 7) is 1.50. The minimum Gasteiger partial charge on any atom is -0.387 e. The second-order valence-electron chi connectivity index (χ2n) is 3.78. The summed E-state index contributed by atoms with van der Waals surface area (Å²) in [5.41, 5.74) is 1.25. The van der Waals surface area contributed by atoms with E-state index < -0.39 is 6.61 Å². The van der Waals surface area contributed by atoms with Gasteiger partial charge in [0.1, 0.15) is 6.61 Å². The lowest BCUT2D eigenvalue weighted by Crippen LogP contribution is -2.34. The standard InChI is InChI=1S/C11H18N2O2/c1-9(12-11(15)8-14)5-6-10-4-3-7-13(10)2/h3-4,7,9,14H,5-6,8H2,1-2H3,(H,12,15). The van der Waals surface area contributed by atoms with Crippen molar-refractivity contribution in [3.05, 3.63) is 24.0 Å². The fraction of sp³-hybridized carbons (Fsp3) is 0.545. The summed E-state index contributed by atoms with van der Waals surface area (Å²) in [7, 11) is 2.01. The van der Waals surface area contributed by atoms with Gasteiger partial charge in [0.25, 0.3) is 0 Å². The highest BCUT2D eigenvalue weighted by Gasteiger charge is 2.06. The molecule has 0 fully saturated rings. The molecule has 1 amide bonds. The van der Waals surface area contributed by atoms with Gasteiger partial charge in [-0.2, -0.15) is 0 Å². The third kappa shape index (κ3) is 3.75. The molecule has 4 heteroatoms. The maximum absolute atomic E-state index is 10.9. The van der Waals surface area contributed by atoms with Crippen LogP contribution in [0.25, 0.3) is 0 Å². The number of rotatable bonds is 5. The van der Waals surface area contributed by atoms with Crippen molar-refractivity contribution in [2.45, 2.75) is 25.8 Å². The molecule has 1 atom stereocenters. The number of hydrogen-bond donors (Lipinski definition) is 2. The fourth-order valence-corrected chi connectivity index (χ4v) is 1.51. The average Bonchev–Trinajstić information content (AvgIpc) is 2.61. The van der Waals surface area contributed by atoms with E-state index in [4.69, 9.17) is 5.11 Å². The minimum absolute atomic E-state index is 0.0968. The largest absolute Gasteiger partial charge is 0.387 e. The molecule has 0 saturated carbocycles. The zero-order valence-electron chi connectivity index (χ0n) is 9.23. The number of aliphatic hydroxyl groups excluding tert-OH is 1. The summed E-state index contributed by atoms with van der Waals surface area (Å²) in [5, 5.41) is 11.3. The van der Waals surface area contributed by atoms with E-state index in [1.54, 1.807) is 0 Å². The topological polar surface area (TPSA) is 54.3 Å². The first-order valence-corrected chi connectivity index (χ1v) is 5.14. The number of carbonyl (C=O) groups is 1. The predicted octanol–water partition coefficient (Wildman–Crippen LogP) is 0.455. The molecule has 0 saturated heterocycles. The van der Waals surface area contributed by atoms with Gasteiger partial charge in [-0.15, -0.1) is 0 Å². The van der Waals surface area contributed by atoms with Crippen molar-refractivity contribution >= 4 is 5.91 Å². The Bertz CT molecular complexity index is 320. The Hall–Kier alpha value is -1.29. The molecule has 0 radical (unpaired) electrons. The fourth-order valence-electron chi connectivity index (χ4n) is 1.51. The van der Waals surface area contributed by atoms with E-state index in [-0.39, 0.29) is 11.9 Å². The number of hydrogen-bond acceptors (Lipinski definition) is 2. The monoisotopic (exact) mass is 210 g/mol. The first-order valence-electron chi connectivity index (χ1n) is 5.14. The van der Waals surface area contributed by atoms with Crippen LogP contribution in [0.5, 0.6) is 0 Å². The van der Waals surface area contributed by atoms with Gasteiger partial charge in [0.05, 0.1) is 0 Å². The summed E-state index contributed by atoms with van der Waals surface area (Å²) >= 11 is 0. The normalized spacial score (nSPS) is 12.5. The molecular weight excluding hydrogens is 192 g/mol. The van der Waals surface area contributed by atoms with Gasteiger partial charge in [-0.25, -0.2) is 0 Å². The molecule has 4 nitrogen and oxygen atoms in total. The first-order chi connectivity index (χ1) is 7.13. The summed E-state index contributed by atoms with van der Waals surface area (Å²) in [5.74, 6) is -0.311. The van der Waals surface area contributed by atoms with Gasteiger partial charge in [0.2, 0.25) is 5.91 Å². The maximum Gasteiger partial charge on any atom is 0.245 e. The van der Waals surface area contributed by atoms with Crippen molar-refractivity contribution in [1.29, 1.82) is 0 Å². The second-order valence-corrected chi connectivity index (χ2v) is 3.78. The van der Waals surface area contributed by atoms with E-state index in [9.17, 15) is 4.79 Å². The smallest absolute Gasteiger partial charge is 0.245 e. The van der Waals surface area contributed by atoms with Gasteiger partial charge in [-0.1, -0.05) is 0 Å². The van der Waals surface area contributed by atoms with E-state index in [2.05, 4.69) is 16.0 Å². The van der Waals surface area contributed by atoms with Crippen LogP contribution in [-0.4, -0.2) is 28.2 Å². The first kappa shape index (κ1) is 11.8. The van der Waals surface area contributed by atoms with Gasteiger partial charge < -0.3 is 15.0 Å². The summed E-state index contributed by atoms with van der Waals surface area (Å²) < 4.78 is 2.07. The zero-order chi connectivity index (χ0) is 11.3. The lowest BCUT2D eigenvalue weighted by Gasteiger charge is -2.13. The van der Waals surface area contributed by atoms with E-state index in [0.29, 0.717) is 0 Å². The van der Waals surface area contributed by atoms with Crippen LogP contribution in [0.4, 0.5) is 0 Å². The number of carbonyl (C=O) groups excluding carboxylic acids is 1. The predicted molar refractivity (Wildman–Crippen MR) is 58.4 cm³/mol.